The van der Waals surface area contributed by atoms with Crippen LogP contribution >= 0.6 is 0 Å². The number of nitrogens with zero attached hydrogens (tertiary/aromatic N) is 2. The molecule has 7 heteroatoms. The van der Waals surface area contributed by atoms with Crippen molar-refractivity contribution in [2.45, 2.75) is 26.3 Å². The number of hydrogen-bond acceptors (Lipinski definition) is 4. The minimum atomic E-state index is -0.400. The summed E-state index contributed by atoms with van der Waals surface area (Å²) < 4.78 is 27.3. The van der Waals surface area contributed by atoms with Gasteiger partial charge >= 0.3 is 0 Å². The van der Waals surface area contributed by atoms with Gasteiger partial charge in [0.25, 0.3) is 0 Å². The standard InChI is InChI=1S/C23H27F2N3O2/c1-16(23(30)26-10-9-18-3-6-20(24)7-4-18)27-11-13-28(14-12-27)22-8-5-19(17(2)29)15-21(22)25/h3-8,15-16H,9-14H2,1-2H3,(H,26,30)/t16-/m0/s1. The van der Waals surface area contributed by atoms with Crippen LogP contribution in [0.1, 0.15) is 29.8 Å². The Hall–Kier alpha value is -2.80. The van der Waals surface area contributed by atoms with Crippen LogP contribution in [0.4, 0.5) is 14.5 Å². The molecule has 2 aromatic carbocycles. The zero-order valence-electron chi connectivity index (χ0n) is 17.3. The lowest BCUT2D eigenvalue weighted by Gasteiger charge is -2.38. The molecule has 1 N–H and O–H groups in total. The van der Waals surface area contributed by atoms with Crippen LogP contribution in [0.5, 0.6) is 0 Å². The van der Waals surface area contributed by atoms with E-state index in [2.05, 4.69) is 10.2 Å². The highest BCUT2D eigenvalue weighted by molar-refractivity contribution is 5.94. The van der Waals surface area contributed by atoms with Gasteiger partial charge in [-0.2, -0.15) is 0 Å². The number of halogens is 2. The summed E-state index contributed by atoms with van der Waals surface area (Å²) in [4.78, 5) is 27.9. The molecule has 0 radical (unpaired) electrons. The topological polar surface area (TPSA) is 52.7 Å². The number of benzene rings is 2. The van der Waals surface area contributed by atoms with Crippen LogP contribution in [-0.4, -0.2) is 55.4 Å². The van der Waals surface area contributed by atoms with Crippen molar-refractivity contribution in [2.24, 2.45) is 0 Å². The molecule has 0 spiro atoms. The van der Waals surface area contributed by atoms with Crippen molar-refractivity contribution in [3.05, 3.63) is 65.2 Å². The van der Waals surface area contributed by atoms with Crippen molar-refractivity contribution in [1.82, 2.24) is 10.2 Å². The summed E-state index contributed by atoms with van der Waals surface area (Å²) in [6.07, 6.45) is 0.641. The smallest absolute Gasteiger partial charge is 0.237 e. The first-order valence-corrected chi connectivity index (χ1v) is 10.2. The molecule has 1 saturated heterocycles. The average Bonchev–Trinajstić information content (AvgIpc) is 2.74. The van der Waals surface area contributed by atoms with Gasteiger partial charge < -0.3 is 10.2 Å². The second-order valence-electron chi connectivity index (χ2n) is 7.59. The second kappa shape index (κ2) is 9.80. The minimum Gasteiger partial charge on any atom is -0.367 e. The summed E-state index contributed by atoms with van der Waals surface area (Å²) in [5, 5.41) is 2.93. The van der Waals surface area contributed by atoms with Gasteiger partial charge in [0.15, 0.2) is 5.78 Å². The van der Waals surface area contributed by atoms with Gasteiger partial charge in [0.1, 0.15) is 11.6 Å². The van der Waals surface area contributed by atoms with Gasteiger partial charge in [-0.25, -0.2) is 8.78 Å². The van der Waals surface area contributed by atoms with Crippen molar-refractivity contribution in [1.29, 1.82) is 0 Å². The van der Waals surface area contributed by atoms with Crippen LogP contribution in [-0.2, 0) is 11.2 Å². The van der Waals surface area contributed by atoms with Crippen LogP contribution in [0, 0.1) is 11.6 Å². The summed E-state index contributed by atoms with van der Waals surface area (Å²) in [6, 6.07) is 10.5. The first-order chi connectivity index (χ1) is 14.3. The second-order valence-corrected chi connectivity index (χ2v) is 7.59. The predicted molar refractivity (Wildman–Crippen MR) is 113 cm³/mol. The fraction of sp³-hybridized carbons (Fsp3) is 0.391. The van der Waals surface area contributed by atoms with Crippen LogP contribution in [0.2, 0.25) is 0 Å². The third-order valence-corrected chi connectivity index (χ3v) is 5.56. The molecule has 30 heavy (non-hydrogen) atoms. The summed E-state index contributed by atoms with van der Waals surface area (Å²) in [7, 11) is 0. The lowest BCUT2D eigenvalue weighted by Crippen LogP contribution is -2.54. The Bertz CT molecular complexity index is 894. The molecule has 3 rings (SSSR count). The van der Waals surface area contributed by atoms with Gasteiger partial charge in [0.05, 0.1) is 11.7 Å². The number of amides is 1. The highest BCUT2D eigenvalue weighted by atomic mass is 19.1. The monoisotopic (exact) mass is 415 g/mol. The third-order valence-electron chi connectivity index (χ3n) is 5.56. The van der Waals surface area contributed by atoms with Crippen molar-refractivity contribution < 1.29 is 18.4 Å². The number of Topliss-reactive ketones (excluding diaryl/α,β-unsaturated/α-hetero) is 1. The summed E-state index contributed by atoms with van der Waals surface area (Å²) in [6.45, 7) is 6.25. The third kappa shape index (κ3) is 5.42. The summed E-state index contributed by atoms with van der Waals surface area (Å²) >= 11 is 0. The highest BCUT2D eigenvalue weighted by Crippen LogP contribution is 2.22. The largest absolute Gasteiger partial charge is 0.367 e. The van der Waals surface area contributed by atoms with Crippen LogP contribution < -0.4 is 10.2 Å². The fourth-order valence-corrected chi connectivity index (χ4v) is 3.63. The Morgan fingerprint density at radius 2 is 1.70 bits per heavy atom. The maximum absolute atomic E-state index is 14.4. The van der Waals surface area contributed by atoms with Crippen LogP contribution in [0.15, 0.2) is 42.5 Å². The lowest BCUT2D eigenvalue weighted by atomic mass is 10.1. The molecule has 1 amide bonds. The van der Waals surface area contributed by atoms with Gasteiger partial charge in [-0.05, 0) is 56.2 Å². The zero-order chi connectivity index (χ0) is 21.7. The van der Waals surface area contributed by atoms with E-state index in [1.54, 1.807) is 24.3 Å². The molecule has 0 saturated carbocycles. The quantitative estimate of drug-likeness (QED) is 0.707. The molecule has 1 atom stereocenters. The number of piperazine rings is 1. The average molecular weight is 415 g/mol. The zero-order valence-corrected chi connectivity index (χ0v) is 17.3. The molecule has 1 aliphatic heterocycles. The van der Waals surface area contributed by atoms with Gasteiger partial charge in [0.2, 0.25) is 5.91 Å². The minimum absolute atomic E-state index is 0.0532. The molecule has 1 heterocycles. The molecule has 0 aliphatic carbocycles. The number of anilines is 1. The van der Waals surface area contributed by atoms with Crippen molar-refractivity contribution in [3.8, 4) is 0 Å². The van der Waals surface area contributed by atoms with Gasteiger partial charge in [0, 0.05) is 38.3 Å². The van der Waals surface area contributed by atoms with Crippen LogP contribution in [0.25, 0.3) is 0 Å². The highest BCUT2D eigenvalue weighted by Gasteiger charge is 2.26. The lowest BCUT2D eigenvalue weighted by molar-refractivity contribution is -0.126. The summed E-state index contributed by atoms with van der Waals surface area (Å²) in [5.74, 6) is -0.889. The Morgan fingerprint density at radius 1 is 1.03 bits per heavy atom. The normalized spacial score (nSPS) is 15.7. The molecular formula is C23H27F2N3O2. The van der Waals surface area contributed by atoms with E-state index in [9.17, 15) is 18.4 Å². The number of hydrogen-bond donors (Lipinski definition) is 1. The molecule has 0 bridgehead atoms. The fourth-order valence-electron chi connectivity index (χ4n) is 3.63. The summed E-state index contributed by atoms with van der Waals surface area (Å²) in [5.41, 5.74) is 1.81. The van der Waals surface area contributed by atoms with E-state index in [4.69, 9.17) is 0 Å². The van der Waals surface area contributed by atoms with E-state index in [1.807, 2.05) is 11.8 Å². The van der Waals surface area contributed by atoms with Crippen molar-refractivity contribution >= 4 is 17.4 Å². The number of rotatable bonds is 7. The molecule has 0 unspecified atom stereocenters. The Kier molecular flexibility index (Phi) is 7.15. The Labute approximate surface area is 175 Å². The predicted octanol–water partition coefficient (Wildman–Crippen LogP) is 3.04. The van der Waals surface area contributed by atoms with E-state index < -0.39 is 5.82 Å². The van der Waals surface area contributed by atoms with E-state index in [0.29, 0.717) is 50.4 Å². The van der Waals surface area contributed by atoms with Crippen LogP contribution in [0.3, 0.4) is 0 Å². The van der Waals surface area contributed by atoms with Crippen molar-refractivity contribution in [3.63, 3.8) is 0 Å². The maximum Gasteiger partial charge on any atom is 0.237 e. The Morgan fingerprint density at radius 3 is 2.30 bits per heavy atom. The first kappa shape index (κ1) is 21.9. The number of carbonyl (C=O) groups is 2. The molecular weight excluding hydrogens is 388 g/mol. The first-order valence-electron chi connectivity index (χ1n) is 10.2. The molecule has 5 nitrogen and oxygen atoms in total. The van der Waals surface area contributed by atoms with E-state index in [1.165, 1.54) is 25.1 Å². The van der Waals surface area contributed by atoms with E-state index in [0.717, 1.165) is 5.56 Å². The van der Waals surface area contributed by atoms with Crippen molar-refractivity contribution in [2.75, 3.05) is 37.6 Å². The SMILES string of the molecule is CC(=O)c1ccc(N2CCN([C@@H](C)C(=O)NCCc3ccc(F)cc3)CC2)c(F)c1. The molecule has 1 fully saturated rings. The molecule has 1 aliphatic rings. The number of nitrogens with one attached hydrogen (secondary N) is 1. The maximum atomic E-state index is 14.4. The molecule has 160 valence electrons. The Balaban J connectivity index is 1.47. The van der Waals surface area contributed by atoms with Gasteiger partial charge in [-0.15, -0.1) is 0 Å². The number of ketones is 1. The van der Waals surface area contributed by atoms with Gasteiger partial charge in [-0.3, -0.25) is 14.5 Å². The molecule has 0 aromatic heterocycles. The van der Waals surface area contributed by atoms with E-state index in [-0.39, 0.29) is 23.5 Å². The molecule has 2 aromatic rings. The van der Waals surface area contributed by atoms with E-state index >= 15 is 0 Å². The van der Waals surface area contributed by atoms with Gasteiger partial charge in [-0.1, -0.05) is 12.1 Å². The number of carbonyl (C=O) groups excluding carboxylic acids is 2.